The van der Waals surface area contributed by atoms with Crippen LogP contribution in [0.1, 0.15) is 38.5 Å². The van der Waals surface area contributed by atoms with E-state index in [0.717, 1.165) is 25.7 Å². The van der Waals surface area contributed by atoms with E-state index in [2.05, 4.69) is 10.6 Å². The van der Waals surface area contributed by atoms with Gasteiger partial charge in [-0.2, -0.15) is 0 Å². The fraction of sp³-hybridized carbons (Fsp3) is 0.500. The molecule has 0 bridgehead atoms. The molecule has 0 aromatic heterocycles. The molecule has 2 N–H and O–H groups in total. The third kappa shape index (κ3) is 3.39. The van der Waals surface area contributed by atoms with Crippen LogP contribution in [0.25, 0.3) is 0 Å². The van der Waals surface area contributed by atoms with E-state index in [0.29, 0.717) is 23.4 Å². The van der Waals surface area contributed by atoms with E-state index in [4.69, 9.17) is 0 Å². The third-order valence-corrected chi connectivity index (χ3v) is 6.78. The van der Waals surface area contributed by atoms with Crippen LogP contribution in [-0.4, -0.2) is 31.5 Å². The van der Waals surface area contributed by atoms with Gasteiger partial charge in [-0.05, 0) is 43.5 Å². The quantitative estimate of drug-likeness (QED) is 0.874. The number of sulfone groups is 1. The first-order chi connectivity index (χ1) is 11.0. The Balaban J connectivity index is 1.67. The molecule has 2 fully saturated rings. The normalized spacial score (nSPS) is 22.1. The molecule has 6 nitrogen and oxygen atoms in total. The van der Waals surface area contributed by atoms with Crippen molar-refractivity contribution in [2.24, 2.45) is 0 Å². The number of carbonyl (C=O) groups excluding carboxylic acids is 2. The number of hydrogen-bond donors (Lipinski definition) is 2. The third-order valence-electron chi connectivity index (χ3n) is 4.50. The van der Waals surface area contributed by atoms with E-state index in [1.165, 1.54) is 12.1 Å². The van der Waals surface area contributed by atoms with Gasteiger partial charge >= 0.3 is 0 Å². The summed E-state index contributed by atoms with van der Waals surface area (Å²) < 4.78 is 25.0. The molecule has 124 valence electrons. The number of amides is 2. The average Bonchev–Trinajstić information content (AvgIpc) is 3.19. The monoisotopic (exact) mass is 336 g/mol. The summed E-state index contributed by atoms with van der Waals surface area (Å²) in [4.78, 5) is 23.4. The Morgan fingerprint density at radius 2 is 1.74 bits per heavy atom. The highest BCUT2D eigenvalue weighted by Crippen LogP contribution is 2.30. The maximum absolute atomic E-state index is 12.5. The van der Waals surface area contributed by atoms with E-state index in [1.54, 1.807) is 12.1 Å². The highest BCUT2D eigenvalue weighted by atomic mass is 32.2. The van der Waals surface area contributed by atoms with Gasteiger partial charge in [0.25, 0.3) is 0 Å². The molecule has 1 aromatic rings. The van der Waals surface area contributed by atoms with Crippen LogP contribution in [0.5, 0.6) is 0 Å². The molecule has 1 saturated carbocycles. The van der Waals surface area contributed by atoms with Crippen molar-refractivity contribution in [2.45, 2.75) is 54.7 Å². The SMILES string of the molecule is O=C1CCC(C(=O)Nc2ccc(S(=O)(=O)C3CCCC3)cc2)N1. The number of benzene rings is 1. The Kier molecular flexibility index (Phi) is 4.39. The minimum absolute atomic E-state index is 0.122. The first-order valence-electron chi connectivity index (χ1n) is 7.91. The van der Waals surface area contributed by atoms with Crippen molar-refractivity contribution in [3.05, 3.63) is 24.3 Å². The first kappa shape index (κ1) is 16.0. The van der Waals surface area contributed by atoms with Gasteiger partial charge in [0, 0.05) is 12.1 Å². The van der Waals surface area contributed by atoms with Gasteiger partial charge < -0.3 is 10.6 Å². The van der Waals surface area contributed by atoms with Crippen molar-refractivity contribution in [1.82, 2.24) is 5.32 Å². The van der Waals surface area contributed by atoms with Crippen molar-refractivity contribution in [2.75, 3.05) is 5.32 Å². The summed E-state index contributed by atoms with van der Waals surface area (Å²) in [7, 11) is -3.28. The second-order valence-corrected chi connectivity index (χ2v) is 8.35. The topological polar surface area (TPSA) is 92.3 Å². The second-order valence-electron chi connectivity index (χ2n) is 6.12. The van der Waals surface area contributed by atoms with Crippen LogP contribution >= 0.6 is 0 Å². The molecule has 3 rings (SSSR count). The molecule has 1 aliphatic carbocycles. The lowest BCUT2D eigenvalue weighted by Gasteiger charge is -2.13. The molecule has 23 heavy (non-hydrogen) atoms. The Morgan fingerprint density at radius 1 is 1.09 bits per heavy atom. The largest absolute Gasteiger partial charge is 0.344 e. The molecule has 2 aliphatic rings. The molecule has 1 atom stereocenters. The van der Waals surface area contributed by atoms with E-state index in [-0.39, 0.29) is 17.1 Å². The fourth-order valence-electron chi connectivity index (χ4n) is 3.16. The predicted octanol–water partition coefficient (Wildman–Crippen LogP) is 1.62. The first-order valence-corrected chi connectivity index (χ1v) is 9.45. The minimum Gasteiger partial charge on any atom is -0.344 e. The van der Waals surface area contributed by atoms with Gasteiger partial charge in [0.15, 0.2) is 9.84 Å². The molecule has 0 spiro atoms. The summed E-state index contributed by atoms with van der Waals surface area (Å²) in [5.74, 6) is -0.398. The Hall–Kier alpha value is -1.89. The minimum atomic E-state index is -3.28. The fourth-order valence-corrected chi connectivity index (χ4v) is 5.01. The van der Waals surface area contributed by atoms with Crippen LogP contribution in [0.4, 0.5) is 5.69 Å². The van der Waals surface area contributed by atoms with Crippen LogP contribution in [0.15, 0.2) is 29.2 Å². The van der Waals surface area contributed by atoms with Crippen LogP contribution < -0.4 is 10.6 Å². The molecule has 0 radical (unpaired) electrons. The molecular weight excluding hydrogens is 316 g/mol. The van der Waals surface area contributed by atoms with Crippen LogP contribution in [0, 0.1) is 0 Å². The number of anilines is 1. The average molecular weight is 336 g/mol. The molecule has 1 saturated heterocycles. The van der Waals surface area contributed by atoms with Crippen LogP contribution in [0.3, 0.4) is 0 Å². The number of carbonyl (C=O) groups is 2. The van der Waals surface area contributed by atoms with Crippen molar-refractivity contribution in [1.29, 1.82) is 0 Å². The summed E-state index contributed by atoms with van der Waals surface area (Å²) in [6.45, 7) is 0. The van der Waals surface area contributed by atoms with Crippen LogP contribution in [0.2, 0.25) is 0 Å². The molecule has 1 aromatic carbocycles. The van der Waals surface area contributed by atoms with E-state index < -0.39 is 15.9 Å². The number of hydrogen-bond acceptors (Lipinski definition) is 4. The summed E-state index contributed by atoms with van der Waals surface area (Å²) in [5, 5.41) is 5.02. The number of nitrogens with one attached hydrogen (secondary N) is 2. The highest BCUT2D eigenvalue weighted by Gasteiger charge is 2.30. The van der Waals surface area contributed by atoms with Gasteiger partial charge in [0.05, 0.1) is 10.1 Å². The Labute approximate surface area is 135 Å². The smallest absolute Gasteiger partial charge is 0.246 e. The van der Waals surface area contributed by atoms with E-state index >= 15 is 0 Å². The van der Waals surface area contributed by atoms with Gasteiger partial charge in [-0.25, -0.2) is 8.42 Å². The standard InChI is InChI=1S/C16H20N2O4S/c19-15-10-9-14(18-15)16(20)17-11-5-7-13(8-6-11)23(21,22)12-3-1-2-4-12/h5-8,12,14H,1-4,9-10H2,(H,17,20)(H,18,19). The molecule has 2 amide bonds. The summed E-state index contributed by atoms with van der Waals surface area (Å²) >= 11 is 0. The van der Waals surface area contributed by atoms with Crippen LogP contribution in [-0.2, 0) is 19.4 Å². The van der Waals surface area contributed by atoms with Gasteiger partial charge in [-0.3, -0.25) is 9.59 Å². The van der Waals surface area contributed by atoms with Crippen molar-refractivity contribution >= 4 is 27.3 Å². The van der Waals surface area contributed by atoms with E-state index in [9.17, 15) is 18.0 Å². The summed E-state index contributed by atoms with van der Waals surface area (Å²) in [5.41, 5.74) is 0.529. The summed E-state index contributed by atoms with van der Waals surface area (Å²) in [6, 6.07) is 5.75. The van der Waals surface area contributed by atoms with Gasteiger partial charge in [-0.1, -0.05) is 12.8 Å². The zero-order valence-electron chi connectivity index (χ0n) is 12.7. The highest BCUT2D eigenvalue weighted by molar-refractivity contribution is 7.92. The van der Waals surface area contributed by atoms with Crippen molar-refractivity contribution in [3.8, 4) is 0 Å². The second kappa shape index (κ2) is 6.31. The van der Waals surface area contributed by atoms with Crippen molar-refractivity contribution in [3.63, 3.8) is 0 Å². The molecule has 7 heteroatoms. The molecule has 1 unspecified atom stereocenters. The number of rotatable bonds is 4. The molecule has 1 aliphatic heterocycles. The van der Waals surface area contributed by atoms with Gasteiger partial charge in [0.2, 0.25) is 11.8 Å². The molecule has 1 heterocycles. The Morgan fingerprint density at radius 3 is 2.30 bits per heavy atom. The lowest BCUT2D eigenvalue weighted by molar-refractivity contribution is -0.122. The molecular formula is C16H20N2O4S. The maximum Gasteiger partial charge on any atom is 0.246 e. The van der Waals surface area contributed by atoms with Gasteiger partial charge in [0.1, 0.15) is 6.04 Å². The zero-order valence-corrected chi connectivity index (χ0v) is 13.6. The zero-order chi connectivity index (χ0) is 16.4. The predicted molar refractivity (Wildman–Crippen MR) is 85.7 cm³/mol. The Bertz CT molecular complexity index is 706. The summed E-state index contributed by atoms with van der Waals surface area (Å²) in [6.07, 6.45) is 4.22. The van der Waals surface area contributed by atoms with Gasteiger partial charge in [-0.15, -0.1) is 0 Å². The van der Waals surface area contributed by atoms with E-state index in [1.807, 2.05) is 0 Å². The maximum atomic E-state index is 12.5. The van der Waals surface area contributed by atoms with Crippen molar-refractivity contribution < 1.29 is 18.0 Å². The lowest BCUT2D eigenvalue weighted by Crippen LogP contribution is -2.37. The lowest BCUT2D eigenvalue weighted by atomic mass is 10.2.